The molecule has 0 saturated carbocycles. The lowest BCUT2D eigenvalue weighted by atomic mass is 10.2. The largest absolute Gasteiger partial charge is 0.493 e. The highest BCUT2D eigenvalue weighted by atomic mass is 79.9. The van der Waals surface area contributed by atoms with Gasteiger partial charge in [0.25, 0.3) is 10.0 Å². The predicted octanol–water partition coefficient (Wildman–Crippen LogP) is 3.68. The van der Waals surface area contributed by atoms with Gasteiger partial charge in [0.15, 0.2) is 11.5 Å². The van der Waals surface area contributed by atoms with Crippen molar-refractivity contribution in [2.45, 2.75) is 11.8 Å². The van der Waals surface area contributed by atoms with Crippen LogP contribution in [0.5, 0.6) is 11.5 Å². The van der Waals surface area contributed by atoms with E-state index in [1.165, 1.54) is 18.5 Å². The molecule has 23 heavy (non-hydrogen) atoms. The van der Waals surface area contributed by atoms with Crippen LogP contribution in [-0.2, 0) is 10.0 Å². The highest BCUT2D eigenvalue weighted by molar-refractivity contribution is 9.10. The molecule has 5 nitrogen and oxygen atoms in total. The van der Waals surface area contributed by atoms with Crippen molar-refractivity contribution in [3.8, 4) is 11.5 Å². The first-order valence-electron chi connectivity index (χ1n) is 6.94. The normalized spacial score (nSPS) is 11.1. The Morgan fingerprint density at radius 3 is 2.13 bits per heavy atom. The maximum Gasteiger partial charge on any atom is 0.264 e. The Kier molecular flexibility index (Phi) is 5.54. The third kappa shape index (κ3) is 3.61. The van der Waals surface area contributed by atoms with Crippen LogP contribution in [0.15, 0.2) is 51.8 Å². The maximum absolute atomic E-state index is 12.9. The number of methoxy groups -OCH3 is 2. The Balaban J connectivity index is 2.48. The Bertz CT molecular complexity index is 775. The quantitative estimate of drug-likeness (QED) is 0.743. The Labute approximate surface area is 145 Å². The molecule has 2 rings (SSSR count). The van der Waals surface area contributed by atoms with Crippen molar-refractivity contribution in [2.75, 3.05) is 25.1 Å². The van der Waals surface area contributed by atoms with Gasteiger partial charge in [0.05, 0.1) is 24.8 Å². The molecular weight excluding hydrogens is 382 g/mol. The minimum atomic E-state index is -3.65. The number of sulfonamides is 1. The standard InChI is InChI=1S/C16H18BrNO4S/c1-4-18(13-7-10-15(21-2)16(11-13)22-3)23(19,20)14-8-5-12(17)6-9-14/h5-11H,4H2,1-3H3. The predicted molar refractivity (Wildman–Crippen MR) is 93.9 cm³/mol. The van der Waals surface area contributed by atoms with Gasteiger partial charge in [-0.1, -0.05) is 15.9 Å². The van der Waals surface area contributed by atoms with E-state index in [0.29, 0.717) is 23.7 Å². The van der Waals surface area contributed by atoms with E-state index in [1.807, 2.05) is 0 Å². The number of nitrogens with zero attached hydrogens (tertiary/aromatic N) is 1. The second kappa shape index (κ2) is 7.23. The lowest BCUT2D eigenvalue weighted by Crippen LogP contribution is -2.30. The van der Waals surface area contributed by atoms with Gasteiger partial charge < -0.3 is 9.47 Å². The number of ether oxygens (including phenoxy) is 2. The fourth-order valence-electron chi connectivity index (χ4n) is 2.21. The molecule has 0 amide bonds. The first-order valence-corrected chi connectivity index (χ1v) is 9.17. The van der Waals surface area contributed by atoms with Crippen LogP contribution in [0, 0.1) is 0 Å². The molecule has 0 heterocycles. The van der Waals surface area contributed by atoms with Crippen LogP contribution < -0.4 is 13.8 Å². The molecule has 0 N–H and O–H groups in total. The fraction of sp³-hybridized carbons (Fsp3) is 0.250. The zero-order valence-electron chi connectivity index (χ0n) is 13.1. The molecule has 0 unspecified atom stereocenters. The first kappa shape index (κ1) is 17.6. The van der Waals surface area contributed by atoms with Gasteiger partial charge >= 0.3 is 0 Å². The van der Waals surface area contributed by atoms with Gasteiger partial charge in [-0.3, -0.25) is 4.31 Å². The highest BCUT2D eigenvalue weighted by Crippen LogP contribution is 2.33. The molecule has 0 aliphatic rings. The van der Waals surface area contributed by atoms with Gasteiger partial charge in [-0.25, -0.2) is 8.42 Å². The Morgan fingerprint density at radius 2 is 1.61 bits per heavy atom. The minimum absolute atomic E-state index is 0.234. The molecule has 0 aromatic heterocycles. The number of benzene rings is 2. The summed E-state index contributed by atoms with van der Waals surface area (Å²) in [7, 11) is -0.599. The summed E-state index contributed by atoms with van der Waals surface area (Å²) < 4.78 is 38.3. The number of anilines is 1. The molecule has 0 bridgehead atoms. The van der Waals surface area contributed by atoms with Crippen molar-refractivity contribution in [2.24, 2.45) is 0 Å². The van der Waals surface area contributed by atoms with E-state index in [0.717, 1.165) is 4.47 Å². The van der Waals surface area contributed by atoms with Gasteiger partial charge in [-0.15, -0.1) is 0 Å². The molecule has 0 fully saturated rings. The SMILES string of the molecule is CCN(c1ccc(OC)c(OC)c1)S(=O)(=O)c1ccc(Br)cc1. The lowest BCUT2D eigenvalue weighted by Gasteiger charge is -2.24. The number of halogens is 1. The van der Waals surface area contributed by atoms with Crippen LogP contribution in [0.25, 0.3) is 0 Å². The zero-order chi connectivity index (χ0) is 17.0. The molecule has 0 saturated heterocycles. The molecule has 0 aliphatic carbocycles. The molecule has 0 aliphatic heterocycles. The molecule has 0 radical (unpaired) electrons. The van der Waals surface area contributed by atoms with Crippen LogP contribution >= 0.6 is 15.9 Å². The van der Waals surface area contributed by atoms with E-state index in [9.17, 15) is 8.42 Å². The number of rotatable bonds is 6. The van der Waals surface area contributed by atoms with Crippen LogP contribution in [-0.4, -0.2) is 29.2 Å². The van der Waals surface area contributed by atoms with Crippen LogP contribution in [0.3, 0.4) is 0 Å². The Morgan fingerprint density at radius 1 is 1.00 bits per heavy atom. The van der Waals surface area contributed by atoms with Crippen molar-refractivity contribution in [1.29, 1.82) is 0 Å². The summed E-state index contributed by atoms with van der Waals surface area (Å²) in [5.74, 6) is 1.03. The van der Waals surface area contributed by atoms with Crippen molar-refractivity contribution in [3.63, 3.8) is 0 Å². The molecule has 2 aromatic rings. The number of hydrogen-bond acceptors (Lipinski definition) is 4. The number of hydrogen-bond donors (Lipinski definition) is 0. The molecule has 7 heteroatoms. The van der Waals surface area contributed by atoms with E-state index < -0.39 is 10.0 Å². The minimum Gasteiger partial charge on any atom is -0.493 e. The van der Waals surface area contributed by atoms with Gasteiger partial charge in [-0.05, 0) is 43.3 Å². The smallest absolute Gasteiger partial charge is 0.264 e. The van der Waals surface area contributed by atoms with Gasteiger partial charge in [0.2, 0.25) is 0 Å². The Hall–Kier alpha value is -1.73. The molecule has 0 spiro atoms. The summed E-state index contributed by atoms with van der Waals surface area (Å²) >= 11 is 3.31. The average molecular weight is 400 g/mol. The molecule has 124 valence electrons. The van der Waals surface area contributed by atoms with Crippen molar-refractivity contribution in [1.82, 2.24) is 0 Å². The second-order valence-electron chi connectivity index (χ2n) is 4.66. The topological polar surface area (TPSA) is 55.8 Å². The van der Waals surface area contributed by atoms with Crippen LogP contribution in [0.1, 0.15) is 6.92 Å². The second-order valence-corrected chi connectivity index (χ2v) is 7.44. The summed E-state index contributed by atoms with van der Waals surface area (Å²) in [4.78, 5) is 0.234. The average Bonchev–Trinajstić information content (AvgIpc) is 2.55. The summed E-state index contributed by atoms with van der Waals surface area (Å²) in [6, 6.07) is 11.6. The van der Waals surface area contributed by atoms with E-state index in [-0.39, 0.29) is 4.90 Å². The lowest BCUT2D eigenvalue weighted by molar-refractivity contribution is 0.355. The summed E-state index contributed by atoms with van der Waals surface area (Å²) in [6.07, 6.45) is 0. The van der Waals surface area contributed by atoms with Crippen molar-refractivity contribution >= 4 is 31.6 Å². The van der Waals surface area contributed by atoms with Crippen molar-refractivity contribution < 1.29 is 17.9 Å². The summed E-state index contributed by atoms with van der Waals surface area (Å²) in [5, 5.41) is 0. The van der Waals surface area contributed by atoms with E-state index in [1.54, 1.807) is 49.4 Å². The molecule has 0 atom stereocenters. The third-order valence-electron chi connectivity index (χ3n) is 3.34. The first-order chi connectivity index (χ1) is 10.9. The van der Waals surface area contributed by atoms with Gasteiger partial charge in [-0.2, -0.15) is 0 Å². The third-order valence-corrected chi connectivity index (χ3v) is 5.79. The maximum atomic E-state index is 12.9. The monoisotopic (exact) mass is 399 g/mol. The highest BCUT2D eigenvalue weighted by Gasteiger charge is 2.24. The summed E-state index contributed by atoms with van der Waals surface area (Å²) in [5.41, 5.74) is 0.521. The van der Waals surface area contributed by atoms with E-state index in [4.69, 9.17) is 9.47 Å². The molecular formula is C16H18BrNO4S. The van der Waals surface area contributed by atoms with Gasteiger partial charge in [0.1, 0.15) is 0 Å². The van der Waals surface area contributed by atoms with E-state index >= 15 is 0 Å². The van der Waals surface area contributed by atoms with Crippen LogP contribution in [0.2, 0.25) is 0 Å². The zero-order valence-corrected chi connectivity index (χ0v) is 15.5. The summed E-state index contributed by atoms with van der Waals surface area (Å²) in [6.45, 7) is 2.08. The van der Waals surface area contributed by atoms with Gasteiger partial charge in [0, 0.05) is 17.1 Å². The fourth-order valence-corrected chi connectivity index (χ4v) is 3.94. The van der Waals surface area contributed by atoms with E-state index in [2.05, 4.69) is 15.9 Å². The molecule has 2 aromatic carbocycles. The van der Waals surface area contributed by atoms with Crippen molar-refractivity contribution in [3.05, 3.63) is 46.9 Å². The van der Waals surface area contributed by atoms with Crippen LogP contribution in [0.4, 0.5) is 5.69 Å².